The highest BCUT2D eigenvalue weighted by molar-refractivity contribution is 7.99. The molecule has 2 fully saturated rings. The Kier molecular flexibility index (Phi) is 5.24. The molecule has 2 aliphatic rings. The fourth-order valence-electron chi connectivity index (χ4n) is 3.42. The molecular formula is C15H25N3S2. The van der Waals surface area contributed by atoms with Crippen molar-refractivity contribution in [1.82, 2.24) is 10.3 Å². The minimum Gasteiger partial charge on any atom is -0.348 e. The third-order valence-electron chi connectivity index (χ3n) is 4.44. The van der Waals surface area contributed by atoms with E-state index in [0.29, 0.717) is 0 Å². The van der Waals surface area contributed by atoms with Crippen LogP contribution in [0.3, 0.4) is 0 Å². The van der Waals surface area contributed by atoms with Crippen LogP contribution in [0.1, 0.15) is 39.0 Å². The maximum absolute atomic E-state index is 4.42. The van der Waals surface area contributed by atoms with Crippen LogP contribution >= 0.6 is 23.1 Å². The van der Waals surface area contributed by atoms with Gasteiger partial charge in [-0.15, -0.1) is 11.3 Å². The summed E-state index contributed by atoms with van der Waals surface area (Å²) < 4.78 is 0. The van der Waals surface area contributed by atoms with Crippen LogP contribution < -0.4 is 10.2 Å². The molecule has 112 valence electrons. The Bertz CT molecular complexity index is 388. The highest BCUT2D eigenvalue weighted by Crippen LogP contribution is 2.30. The lowest BCUT2D eigenvalue weighted by Gasteiger charge is -2.33. The third-order valence-corrected chi connectivity index (χ3v) is 6.51. The molecule has 1 N–H and O–H groups in total. The minimum absolute atomic E-state index is 0.724. The lowest BCUT2D eigenvalue weighted by molar-refractivity contribution is 0.368. The number of rotatable bonds is 5. The SMILES string of the molecule is CCS[C@H]1CC[C@@H](NC2CCN(c3nccs3)CC2)C1. The van der Waals surface area contributed by atoms with Gasteiger partial charge in [-0.25, -0.2) is 4.98 Å². The van der Waals surface area contributed by atoms with Gasteiger partial charge in [0.2, 0.25) is 0 Å². The minimum atomic E-state index is 0.724. The third kappa shape index (κ3) is 3.68. The maximum Gasteiger partial charge on any atom is 0.185 e. The average molecular weight is 312 g/mol. The molecule has 5 heteroatoms. The van der Waals surface area contributed by atoms with Crippen molar-refractivity contribution in [3.63, 3.8) is 0 Å². The quantitative estimate of drug-likeness (QED) is 0.902. The standard InChI is InChI=1S/C15H25N3S2/c1-2-19-14-4-3-13(11-14)17-12-5-8-18(9-6-12)15-16-7-10-20-15/h7,10,12-14,17H,2-6,8-9,11H2,1H3/t13-,14+/m1/s1. The van der Waals surface area contributed by atoms with Gasteiger partial charge in [0.1, 0.15) is 0 Å². The van der Waals surface area contributed by atoms with Crippen LogP contribution in [0.25, 0.3) is 0 Å². The lowest BCUT2D eigenvalue weighted by atomic mass is 10.0. The van der Waals surface area contributed by atoms with E-state index in [1.54, 1.807) is 11.3 Å². The molecule has 1 aromatic rings. The van der Waals surface area contributed by atoms with Crippen LogP contribution in [0.2, 0.25) is 0 Å². The summed E-state index contributed by atoms with van der Waals surface area (Å²) in [4.78, 5) is 6.86. The summed E-state index contributed by atoms with van der Waals surface area (Å²) in [6.07, 6.45) is 8.61. The van der Waals surface area contributed by atoms with Crippen molar-refractivity contribution in [2.24, 2.45) is 0 Å². The van der Waals surface area contributed by atoms with E-state index in [-0.39, 0.29) is 0 Å². The summed E-state index contributed by atoms with van der Waals surface area (Å²) in [7, 11) is 0. The molecular weight excluding hydrogens is 286 g/mol. The van der Waals surface area contributed by atoms with Crippen LogP contribution in [-0.4, -0.2) is 41.2 Å². The molecule has 3 rings (SSSR count). The molecule has 1 saturated carbocycles. The Morgan fingerprint density at radius 2 is 2.15 bits per heavy atom. The van der Waals surface area contributed by atoms with Crippen LogP contribution in [-0.2, 0) is 0 Å². The molecule has 0 amide bonds. The molecule has 2 heterocycles. The van der Waals surface area contributed by atoms with Crippen LogP contribution in [0.15, 0.2) is 11.6 Å². The van der Waals surface area contributed by atoms with Gasteiger partial charge in [-0.05, 0) is 37.9 Å². The normalized spacial score (nSPS) is 28.1. The molecule has 20 heavy (non-hydrogen) atoms. The van der Waals surface area contributed by atoms with E-state index in [0.717, 1.165) is 30.4 Å². The summed E-state index contributed by atoms with van der Waals surface area (Å²) in [5.74, 6) is 1.27. The van der Waals surface area contributed by atoms with Gasteiger partial charge in [-0.1, -0.05) is 6.92 Å². The molecule has 0 aromatic carbocycles. The Hall–Kier alpha value is -0.260. The summed E-state index contributed by atoms with van der Waals surface area (Å²) in [5.41, 5.74) is 0. The Balaban J connectivity index is 1.41. The first kappa shape index (κ1) is 14.7. The van der Waals surface area contributed by atoms with E-state index in [9.17, 15) is 0 Å². The zero-order chi connectivity index (χ0) is 13.8. The van der Waals surface area contributed by atoms with Gasteiger partial charge in [0.15, 0.2) is 5.13 Å². The van der Waals surface area contributed by atoms with Crippen LogP contribution in [0, 0.1) is 0 Å². The molecule has 0 radical (unpaired) electrons. The number of thioether (sulfide) groups is 1. The number of nitrogens with one attached hydrogen (secondary N) is 1. The number of anilines is 1. The highest BCUT2D eigenvalue weighted by atomic mass is 32.2. The summed E-state index contributed by atoms with van der Waals surface area (Å²) in [6, 6.07) is 1.50. The second-order valence-electron chi connectivity index (χ2n) is 5.83. The molecule has 2 atom stereocenters. The Morgan fingerprint density at radius 3 is 2.85 bits per heavy atom. The molecule has 3 nitrogen and oxygen atoms in total. The molecule has 0 unspecified atom stereocenters. The molecule has 1 aliphatic carbocycles. The van der Waals surface area contributed by atoms with Gasteiger partial charge in [-0.3, -0.25) is 0 Å². The number of aromatic nitrogens is 1. The van der Waals surface area contributed by atoms with Gasteiger partial charge in [0, 0.05) is 42.0 Å². The zero-order valence-corrected chi connectivity index (χ0v) is 13.9. The number of hydrogen-bond donors (Lipinski definition) is 1. The van der Waals surface area contributed by atoms with E-state index in [4.69, 9.17) is 0 Å². The molecule has 1 aliphatic heterocycles. The average Bonchev–Trinajstić information content (AvgIpc) is 3.12. The van der Waals surface area contributed by atoms with Crippen molar-refractivity contribution in [3.8, 4) is 0 Å². The van der Waals surface area contributed by atoms with E-state index >= 15 is 0 Å². The first-order valence-corrected chi connectivity index (χ1v) is 9.80. The molecule has 0 spiro atoms. The zero-order valence-electron chi connectivity index (χ0n) is 12.3. The highest BCUT2D eigenvalue weighted by Gasteiger charge is 2.28. The lowest BCUT2D eigenvalue weighted by Crippen LogP contribution is -2.45. The number of nitrogens with zero attached hydrogens (tertiary/aromatic N) is 2. The van der Waals surface area contributed by atoms with E-state index < -0.39 is 0 Å². The largest absolute Gasteiger partial charge is 0.348 e. The van der Waals surface area contributed by atoms with Gasteiger partial charge in [0.25, 0.3) is 0 Å². The van der Waals surface area contributed by atoms with Gasteiger partial charge in [-0.2, -0.15) is 11.8 Å². The Labute approximate surface area is 130 Å². The van der Waals surface area contributed by atoms with Crippen molar-refractivity contribution in [3.05, 3.63) is 11.6 Å². The number of thiazole rings is 1. The van der Waals surface area contributed by atoms with Crippen molar-refractivity contribution in [2.75, 3.05) is 23.7 Å². The summed E-state index contributed by atoms with van der Waals surface area (Å²) in [6.45, 7) is 4.59. The maximum atomic E-state index is 4.42. The predicted molar refractivity (Wildman–Crippen MR) is 90.0 cm³/mol. The van der Waals surface area contributed by atoms with E-state index in [1.807, 2.05) is 6.20 Å². The second-order valence-corrected chi connectivity index (χ2v) is 8.28. The molecule has 1 saturated heterocycles. The van der Waals surface area contributed by atoms with Crippen molar-refractivity contribution >= 4 is 28.2 Å². The number of hydrogen-bond acceptors (Lipinski definition) is 5. The van der Waals surface area contributed by atoms with E-state index in [1.165, 1.54) is 43.0 Å². The van der Waals surface area contributed by atoms with E-state index in [2.05, 4.69) is 39.3 Å². The van der Waals surface area contributed by atoms with Crippen molar-refractivity contribution in [2.45, 2.75) is 56.4 Å². The van der Waals surface area contributed by atoms with Gasteiger partial charge >= 0.3 is 0 Å². The Morgan fingerprint density at radius 1 is 1.30 bits per heavy atom. The molecule has 0 bridgehead atoms. The van der Waals surface area contributed by atoms with Gasteiger partial charge < -0.3 is 10.2 Å². The summed E-state index contributed by atoms with van der Waals surface area (Å²) in [5, 5.41) is 8.10. The predicted octanol–water partition coefficient (Wildman–Crippen LogP) is 3.38. The van der Waals surface area contributed by atoms with Crippen LogP contribution in [0.5, 0.6) is 0 Å². The monoisotopic (exact) mass is 311 g/mol. The smallest absolute Gasteiger partial charge is 0.185 e. The fraction of sp³-hybridized carbons (Fsp3) is 0.800. The first-order chi connectivity index (χ1) is 9.85. The molecule has 1 aromatic heterocycles. The van der Waals surface area contributed by atoms with Crippen LogP contribution in [0.4, 0.5) is 5.13 Å². The summed E-state index contributed by atoms with van der Waals surface area (Å²) >= 11 is 3.91. The van der Waals surface area contributed by atoms with Crippen molar-refractivity contribution in [1.29, 1.82) is 0 Å². The van der Waals surface area contributed by atoms with Gasteiger partial charge in [0.05, 0.1) is 0 Å². The fourth-order valence-corrected chi connectivity index (χ4v) is 5.26. The topological polar surface area (TPSA) is 28.2 Å². The van der Waals surface area contributed by atoms with Crippen molar-refractivity contribution < 1.29 is 0 Å². The second kappa shape index (κ2) is 7.14. The number of piperidine rings is 1. The first-order valence-electron chi connectivity index (χ1n) is 7.87.